The van der Waals surface area contributed by atoms with Gasteiger partial charge >= 0.3 is 0 Å². The maximum absolute atomic E-state index is 10.4. The minimum Gasteiger partial charge on any atom is -0.487 e. The number of likely N-dealkylation sites (N-methyl/N-ethyl adjacent to an activating group) is 1. The largest absolute Gasteiger partial charge is 0.487 e. The van der Waals surface area contributed by atoms with E-state index in [9.17, 15) is 5.11 Å². The van der Waals surface area contributed by atoms with Gasteiger partial charge in [0.15, 0.2) is 0 Å². The molecule has 3 atom stereocenters. The van der Waals surface area contributed by atoms with Crippen molar-refractivity contribution in [1.82, 2.24) is 5.32 Å². The Labute approximate surface area is 114 Å². The standard InChI is InChI=1S/C15H22N2O2/c1-10-9-17(2)13-8-11(5-6-14(13)19-10)15(18)12-4-3-7-16-12/h5-6,8,10,12,15-16,18H,3-4,7,9H2,1-2H3. The fourth-order valence-corrected chi connectivity index (χ4v) is 3.07. The highest BCUT2D eigenvalue weighted by Crippen LogP contribution is 2.36. The van der Waals surface area contributed by atoms with Crippen molar-refractivity contribution in [2.45, 2.75) is 38.0 Å². The second-order valence-electron chi connectivity index (χ2n) is 5.68. The fraction of sp³-hybridized carbons (Fsp3) is 0.600. The Balaban J connectivity index is 1.86. The zero-order chi connectivity index (χ0) is 13.4. The average Bonchev–Trinajstić information content (AvgIpc) is 2.91. The Hall–Kier alpha value is -1.26. The molecule has 0 bridgehead atoms. The zero-order valence-corrected chi connectivity index (χ0v) is 11.6. The summed E-state index contributed by atoms with van der Waals surface area (Å²) in [4.78, 5) is 2.20. The molecule has 0 aliphatic carbocycles. The molecule has 3 rings (SSSR count). The van der Waals surface area contributed by atoms with Crippen molar-refractivity contribution < 1.29 is 9.84 Å². The summed E-state index contributed by atoms with van der Waals surface area (Å²) < 4.78 is 5.82. The second-order valence-corrected chi connectivity index (χ2v) is 5.68. The molecule has 104 valence electrons. The molecule has 3 unspecified atom stereocenters. The summed E-state index contributed by atoms with van der Waals surface area (Å²) >= 11 is 0. The lowest BCUT2D eigenvalue weighted by molar-refractivity contribution is 0.137. The first-order valence-electron chi connectivity index (χ1n) is 7.08. The summed E-state index contributed by atoms with van der Waals surface area (Å²) in [6.45, 7) is 3.96. The van der Waals surface area contributed by atoms with Gasteiger partial charge in [-0.25, -0.2) is 0 Å². The molecule has 0 radical (unpaired) electrons. The van der Waals surface area contributed by atoms with E-state index in [0.29, 0.717) is 0 Å². The van der Waals surface area contributed by atoms with Gasteiger partial charge in [-0.1, -0.05) is 6.07 Å². The summed E-state index contributed by atoms with van der Waals surface area (Å²) in [6, 6.07) is 6.21. The summed E-state index contributed by atoms with van der Waals surface area (Å²) in [5.41, 5.74) is 2.05. The number of ether oxygens (including phenoxy) is 1. The van der Waals surface area contributed by atoms with Crippen LogP contribution in [0.15, 0.2) is 18.2 Å². The van der Waals surface area contributed by atoms with Gasteiger partial charge in [0.05, 0.1) is 18.3 Å². The van der Waals surface area contributed by atoms with Crippen molar-refractivity contribution in [3.05, 3.63) is 23.8 Å². The van der Waals surface area contributed by atoms with E-state index < -0.39 is 6.10 Å². The van der Waals surface area contributed by atoms with Gasteiger partial charge < -0.3 is 20.1 Å². The molecule has 19 heavy (non-hydrogen) atoms. The Morgan fingerprint density at radius 3 is 3.05 bits per heavy atom. The molecule has 0 amide bonds. The van der Waals surface area contributed by atoms with Crippen molar-refractivity contribution in [3.63, 3.8) is 0 Å². The molecule has 2 N–H and O–H groups in total. The highest BCUT2D eigenvalue weighted by molar-refractivity contribution is 5.61. The number of fused-ring (bicyclic) bond motifs is 1. The van der Waals surface area contributed by atoms with E-state index in [1.165, 1.54) is 0 Å². The summed E-state index contributed by atoms with van der Waals surface area (Å²) in [7, 11) is 2.07. The second kappa shape index (κ2) is 5.02. The van der Waals surface area contributed by atoms with Gasteiger partial charge in [-0.05, 0) is 44.0 Å². The van der Waals surface area contributed by atoms with Crippen LogP contribution in [0.5, 0.6) is 5.75 Å². The monoisotopic (exact) mass is 262 g/mol. The molecule has 2 aliphatic rings. The van der Waals surface area contributed by atoms with E-state index >= 15 is 0 Å². The lowest BCUT2D eigenvalue weighted by atomic mass is 9.99. The predicted octanol–water partition coefficient (Wildman–Crippen LogP) is 1.69. The lowest BCUT2D eigenvalue weighted by Gasteiger charge is -2.33. The molecule has 2 heterocycles. The maximum atomic E-state index is 10.4. The van der Waals surface area contributed by atoms with Crippen LogP contribution in [-0.2, 0) is 0 Å². The average molecular weight is 262 g/mol. The summed E-state index contributed by atoms with van der Waals surface area (Å²) in [6.07, 6.45) is 1.97. The Morgan fingerprint density at radius 2 is 2.32 bits per heavy atom. The molecule has 0 aromatic heterocycles. The highest BCUT2D eigenvalue weighted by atomic mass is 16.5. The molecule has 2 aliphatic heterocycles. The Kier molecular flexibility index (Phi) is 3.37. The van der Waals surface area contributed by atoms with Crippen molar-refractivity contribution in [3.8, 4) is 5.75 Å². The third-order valence-electron chi connectivity index (χ3n) is 4.07. The van der Waals surface area contributed by atoms with Gasteiger partial charge in [0.25, 0.3) is 0 Å². The van der Waals surface area contributed by atoms with Crippen LogP contribution in [-0.4, -0.2) is 37.4 Å². The van der Waals surface area contributed by atoms with Crippen molar-refractivity contribution >= 4 is 5.69 Å². The Morgan fingerprint density at radius 1 is 1.47 bits per heavy atom. The van der Waals surface area contributed by atoms with E-state index in [1.807, 2.05) is 12.1 Å². The van der Waals surface area contributed by atoms with E-state index in [1.54, 1.807) is 0 Å². The van der Waals surface area contributed by atoms with Gasteiger partial charge in [0.2, 0.25) is 0 Å². The van der Waals surface area contributed by atoms with Gasteiger partial charge in [-0.15, -0.1) is 0 Å². The number of aliphatic hydroxyl groups is 1. The minimum atomic E-state index is -0.430. The number of benzene rings is 1. The van der Waals surface area contributed by atoms with E-state index in [4.69, 9.17) is 4.74 Å². The minimum absolute atomic E-state index is 0.187. The summed E-state index contributed by atoms with van der Waals surface area (Å²) in [5.74, 6) is 0.914. The normalized spacial score (nSPS) is 27.8. The SMILES string of the molecule is CC1CN(C)c2cc(C(O)C3CCCN3)ccc2O1. The van der Waals surface area contributed by atoms with Crippen molar-refractivity contribution in [2.75, 3.05) is 25.0 Å². The molecule has 1 fully saturated rings. The first-order chi connectivity index (χ1) is 9.15. The molecule has 4 heteroatoms. The molecule has 1 aromatic rings. The first kappa shape index (κ1) is 12.8. The van der Waals surface area contributed by atoms with E-state index in [0.717, 1.165) is 42.9 Å². The first-order valence-corrected chi connectivity index (χ1v) is 7.08. The number of nitrogens with zero attached hydrogens (tertiary/aromatic N) is 1. The number of aliphatic hydroxyl groups excluding tert-OH is 1. The van der Waals surface area contributed by atoms with Crippen molar-refractivity contribution in [1.29, 1.82) is 0 Å². The van der Waals surface area contributed by atoms with Crippen LogP contribution in [0, 0.1) is 0 Å². The quantitative estimate of drug-likeness (QED) is 0.851. The smallest absolute Gasteiger partial charge is 0.143 e. The predicted molar refractivity (Wildman–Crippen MR) is 75.8 cm³/mol. The van der Waals surface area contributed by atoms with Crippen molar-refractivity contribution in [2.24, 2.45) is 0 Å². The number of hydrogen-bond donors (Lipinski definition) is 2. The van der Waals surface area contributed by atoms with Gasteiger partial charge in [-0.2, -0.15) is 0 Å². The van der Waals surface area contributed by atoms with Crippen LogP contribution < -0.4 is 15.0 Å². The van der Waals surface area contributed by atoms with Crippen LogP contribution in [0.4, 0.5) is 5.69 Å². The molecule has 1 aromatic carbocycles. The summed E-state index contributed by atoms with van der Waals surface area (Å²) in [5, 5.41) is 13.8. The van der Waals surface area contributed by atoms with Crippen LogP contribution in [0.2, 0.25) is 0 Å². The van der Waals surface area contributed by atoms with Crippen LogP contribution in [0.1, 0.15) is 31.4 Å². The van der Waals surface area contributed by atoms with Crippen LogP contribution in [0.25, 0.3) is 0 Å². The molecule has 0 spiro atoms. The Bertz CT molecular complexity index is 457. The molecular formula is C15H22N2O2. The fourth-order valence-electron chi connectivity index (χ4n) is 3.07. The van der Waals surface area contributed by atoms with Gasteiger partial charge in [0, 0.05) is 13.1 Å². The number of rotatable bonds is 2. The third kappa shape index (κ3) is 2.42. The third-order valence-corrected chi connectivity index (χ3v) is 4.07. The van der Waals surface area contributed by atoms with Crippen LogP contribution >= 0.6 is 0 Å². The molecular weight excluding hydrogens is 240 g/mol. The van der Waals surface area contributed by atoms with E-state index in [2.05, 4.69) is 30.3 Å². The highest BCUT2D eigenvalue weighted by Gasteiger charge is 2.26. The maximum Gasteiger partial charge on any atom is 0.143 e. The van der Waals surface area contributed by atoms with E-state index in [-0.39, 0.29) is 12.1 Å². The van der Waals surface area contributed by atoms with Gasteiger partial charge in [-0.3, -0.25) is 0 Å². The lowest BCUT2D eigenvalue weighted by Crippen LogP contribution is -2.36. The van der Waals surface area contributed by atoms with Gasteiger partial charge in [0.1, 0.15) is 11.9 Å². The number of nitrogens with one attached hydrogen (secondary N) is 1. The topological polar surface area (TPSA) is 44.7 Å². The zero-order valence-electron chi connectivity index (χ0n) is 11.6. The molecule has 1 saturated heterocycles. The number of anilines is 1. The molecule has 4 nitrogen and oxygen atoms in total. The molecule has 0 saturated carbocycles. The van der Waals surface area contributed by atoms with Crippen LogP contribution in [0.3, 0.4) is 0 Å². The number of hydrogen-bond acceptors (Lipinski definition) is 4.